The zero-order valence-corrected chi connectivity index (χ0v) is 39.4. The van der Waals surface area contributed by atoms with Gasteiger partial charge in [-0.25, -0.2) is 0 Å². The van der Waals surface area contributed by atoms with Gasteiger partial charge in [-0.05, 0) is 49.3 Å². The van der Waals surface area contributed by atoms with Crippen molar-refractivity contribution in [1.82, 2.24) is 0 Å². The quantitative estimate of drug-likeness (QED) is 0.0438. The lowest BCUT2D eigenvalue weighted by Gasteiger charge is -2.36. The second-order valence-electron chi connectivity index (χ2n) is 17.8. The molecule has 61 heavy (non-hydrogen) atoms. The highest BCUT2D eigenvalue weighted by Gasteiger charge is 2.39. The zero-order chi connectivity index (χ0) is 43.5. The van der Waals surface area contributed by atoms with E-state index in [2.05, 4.69) is 13.8 Å². The average molecular weight is 847 g/mol. The van der Waals surface area contributed by atoms with Crippen LogP contribution in [-0.4, -0.2) is 28.8 Å². The van der Waals surface area contributed by atoms with Crippen molar-refractivity contribution >= 4 is 10.8 Å². The average Bonchev–Trinajstić information content (AvgIpc) is 3.27. The number of aliphatic hydroxyl groups excluding tert-OH is 2. The highest BCUT2D eigenvalue weighted by Crippen LogP contribution is 2.42. The Balaban J connectivity index is 1.49. The molecular weight excluding hydrogens is 757 g/mol. The summed E-state index contributed by atoms with van der Waals surface area (Å²) in [6.07, 6.45) is 37.6. The predicted octanol–water partition coefficient (Wildman–Crippen LogP) is 17.3. The van der Waals surface area contributed by atoms with Crippen LogP contribution in [0, 0.1) is 0 Å². The maximum Gasteiger partial charge on any atom is 0.331 e. The summed E-state index contributed by atoms with van der Waals surface area (Å²) in [6, 6.07) is 21.5. The minimum atomic E-state index is -1.72. The van der Waals surface area contributed by atoms with Crippen LogP contribution >= 0.6 is 0 Å². The molecule has 6 nitrogen and oxygen atoms in total. The number of para-hydroxylation sites is 1. The number of unbranched alkanes of at least 4 members (excludes halogenated alkanes) is 28. The van der Waals surface area contributed by atoms with E-state index in [-0.39, 0.29) is 6.42 Å². The van der Waals surface area contributed by atoms with Crippen LogP contribution in [0.15, 0.2) is 66.7 Å². The number of aliphatic hydroxyl groups is 2. The van der Waals surface area contributed by atoms with E-state index in [0.29, 0.717) is 30.1 Å². The third kappa shape index (κ3) is 24.1. The summed E-state index contributed by atoms with van der Waals surface area (Å²) in [6.45, 7) is 6.46. The fourth-order valence-corrected chi connectivity index (χ4v) is 8.41. The molecule has 3 aromatic carbocycles. The van der Waals surface area contributed by atoms with E-state index in [1.165, 1.54) is 154 Å². The third-order valence-corrected chi connectivity index (χ3v) is 12.2. The van der Waals surface area contributed by atoms with E-state index in [1.807, 2.05) is 73.7 Å². The van der Waals surface area contributed by atoms with Gasteiger partial charge in [-0.1, -0.05) is 249 Å². The standard InChI is InChI=1S/C55H90O6/c1-4-7-9-11-13-15-17-19-21-23-25-27-29-31-36-44-52(56)60-55(6-3,61-53(57)45-37-32-30-28-26-24-22-20-18-16-14-12-10-8-5-2)59-51-47-46-48-40-38-39-43-50(48)54(51)58-49-41-34-33-35-42-49/h33-35,38-43,46-47,52-53,56-57H,4-32,36-37,44-45H2,1-3H3. The van der Waals surface area contributed by atoms with Gasteiger partial charge in [0.25, 0.3) is 0 Å². The highest BCUT2D eigenvalue weighted by atomic mass is 16.9. The maximum atomic E-state index is 11.3. The van der Waals surface area contributed by atoms with Crippen molar-refractivity contribution in [2.45, 2.75) is 251 Å². The molecule has 3 rings (SSSR count). The Hall–Kier alpha value is -2.64. The molecule has 346 valence electrons. The van der Waals surface area contributed by atoms with Crippen LogP contribution in [-0.2, 0) is 9.47 Å². The Morgan fingerprint density at radius 3 is 1.21 bits per heavy atom. The van der Waals surface area contributed by atoms with Gasteiger partial charge in [-0.2, -0.15) is 0 Å². The lowest BCUT2D eigenvalue weighted by atomic mass is 10.0. The van der Waals surface area contributed by atoms with E-state index in [4.69, 9.17) is 18.9 Å². The molecule has 0 bridgehead atoms. The topological polar surface area (TPSA) is 77.4 Å². The van der Waals surface area contributed by atoms with Crippen molar-refractivity contribution < 1.29 is 29.2 Å². The third-order valence-electron chi connectivity index (χ3n) is 12.2. The molecule has 3 aromatic rings. The van der Waals surface area contributed by atoms with Crippen molar-refractivity contribution in [3.05, 3.63) is 66.7 Å². The predicted molar refractivity (Wildman–Crippen MR) is 257 cm³/mol. The molecule has 2 N–H and O–H groups in total. The van der Waals surface area contributed by atoms with Gasteiger partial charge in [0.1, 0.15) is 5.75 Å². The minimum absolute atomic E-state index is 0.246. The molecule has 0 radical (unpaired) electrons. The second-order valence-corrected chi connectivity index (χ2v) is 17.8. The van der Waals surface area contributed by atoms with Crippen LogP contribution in [0.25, 0.3) is 10.8 Å². The summed E-state index contributed by atoms with van der Waals surface area (Å²) in [5.41, 5.74) is 0. The zero-order valence-electron chi connectivity index (χ0n) is 39.4. The van der Waals surface area contributed by atoms with E-state index >= 15 is 0 Å². The van der Waals surface area contributed by atoms with Crippen molar-refractivity contribution in [1.29, 1.82) is 0 Å². The number of hydrogen-bond acceptors (Lipinski definition) is 6. The van der Waals surface area contributed by atoms with E-state index in [0.717, 1.165) is 49.3 Å². The molecule has 0 aliphatic carbocycles. The summed E-state index contributed by atoms with van der Waals surface area (Å²) in [5.74, 6) is -0.0962. The minimum Gasteiger partial charge on any atom is -0.453 e. The number of fused-ring (bicyclic) bond motifs is 1. The Labute approximate surface area is 373 Å². The first-order valence-electron chi connectivity index (χ1n) is 25.7. The van der Waals surface area contributed by atoms with Gasteiger partial charge < -0.3 is 19.7 Å². The van der Waals surface area contributed by atoms with Gasteiger partial charge in [0, 0.05) is 11.8 Å². The van der Waals surface area contributed by atoms with E-state index in [9.17, 15) is 10.2 Å². The molecular formula is C55H90O6. The molecule has 0 aliphatic heterocycles. The Morgan fingerprint density at radius 1 is 0.426 bits per heavy atom. The first-order chi connectivity index (χ1) is 30.0. The van der Waals surface area contributed by atoms with E-state index in [1.54, 1.807) is 0 Å². The Bertz CT molecular complexity index is 1400. The number of benzene rings is 3. The molecule has 0 fully saturated rings. The molecule has 2 atom stereocenters. The normalized spacial score (nSPS) is 13.7. The number of hydrogen-bond donors (Lipinski definition) is 2. The molecule has 0 saturated carbocycles. The van der Waals surface area contributed by atoms with Gasteiger partial charge in [-0.15, -0.1) is 0 Å². The van der Waals surface area contributed by atoms with Gasteiger partial charge in [0.2, 0.25) is 0 Å². The van der Waals surface area contributed by atoms with Crippen LogP contribution in [0.2, 0.25) is 0 Å². The Kier molecular flexibility index (Phi) is 30.1. The molecule has 6 heteroatoms. The smallest absolute Gasteiger partial charge is 0.331 e. The van der Waals surface area contributed by atoms with Gasteiger partial charge >= 0.3 is 5.97 Å². The molecule has 0 aromatic heterocycles. The lowest BCUT2D eigenvalue weighted by Crippen LogP contribution is -2.47. The van der Waals surface area contributed by atoms with Crippen molar-refractivity contribution in [2.75, 3.05) is 0 Å². The van der Waals surface area contributed by atoms with Crippen molar-refractivity contribution in [2.24, 2.45) is 0 Å². The molecule has 0 aliphatic rings. The van der Waals surface area contributed by atoms with Crippen molar-refractivity contribution in [3.8, 4) is 17.2 Å². The number of ether oxygens (including phenoxy) is 4. The van der Waals surface area contributed by atoms with Crippen molar-refractivity contribution in [3.63, 3.8) is 0 Å². The SMILES string of the molecule is CCCCCCCCCCCCCCCCCC(O)OC(CC)(Oc1ccc2ccccc2c1Oc1ccccc1)OC(O)CCCCCCCCCCCCCCCCC. The first-order valence-corrected chi connectivity index (χ1v) is 25.7. The lowest BCUT2D eigenvalue weighted by molar-refractivity contribution is -0.417. The van der Waals surface area contributed by atoms with Crippen LogP contribution in [0.5, 0.6) is 17.2 Å². The summed E-state index contributed by atoms with van der Waals surface area (Å²) >= 11 is 0. The van der Waals surface area contributed by atoms with Crippen LogP contribution < -0.4 is 9.47 Å². The summed E-state index contributed by atoms with van der Waals surface area (Å²) < 4.78 is 25.8. The molecule has 0 spiro atoms. The van der Waals surface area contributed by atoms with Gasteiger partial charge in [-0.3, -0.25) is 9.47 Å². The molecule has 0 heterocycles. The summed E-state index contributed by atoms with van der Waals surface area (Å²) in [7, 11) is 0. The first kappa shape index (κ1) is 52.7. The highest BCUT2D eigenvalue weighted by molar-refractivity contribution is 5.91. The van der Waals surface area contributed by atoms with E-state index < -0.39 is 18.6 Å². The monoisotopic (exact) mass is 847 g/mol. The maximum absolute atomic E-state index is 11.3. The number of rotatable bonds is 41. The summed E-state index contributed by atoms with van der Waals surface area (Å²) in [5, 5.41) is 24.5. The fourth-order valence-electron chi connectivity index (χ4n) is 8.41. The van der Waals surface area contributed by atoms with Gasteiger partial charge in [0.15, 0.2) is 24.1 Å². The van der Waals surface area contributed by atoms with Crippen LogP contribution in [0.1, 0.15) is 233 Å². The van der Waals surface area contributed by atoms with Crippen LogP contribution in [0.4, 0.5) is 0 Å². The second kappa shape index (κ2) is 34.8. The molecule has 0 amide bonds. The fraction of sp³-hybridized carbons (Fsp3) is 0.709. The Morgan fingerprint density at radius 2 is 0.803 bits per heavy atom. The van der Waals surface area contributed by atoms with Crippen LogP contribution in [0.3, 0.4) is 0 Å². The molecule has 0 saturated heterocycles. The summed E-state index contributed by atoms with van der Waals surface area (Å²) in [4.78, 5) is 0. The largest absolute Gasteiger partial charge is 0.453 e. The van der Waals surface area contributed by atoms with Gasteiger partial charge in [0.05, 0.1) is 0 Å². The molecule has 2 unspecified atom stereocenters.